The van der Waals surface area contributed by atoms with Crippen LogP contribution < -0.4 is 11.1 Å². The molecule has 0 saturated heterocycles. The highest BCUT2D eigenvalue weighted by Crippen LogP contribution is 2.22. The first-order valence-corrected chi connectivity index (χ1v) is 6.86. The molecule has 6 heteroatoms. The number of carbonyl (C=O) groups excluding carboxylic acids is 1. The number of nitrogens with zero attached hydrogens (tertiary/aromatic N) is 2. The van der Waals surface area contributed by atoms with Crippen LogP contribution in [0.25, 0.3) is 0 Å². The zero-order chi connectivity index (χ0) is 15.2. The lowest BCUT2D eigenvalue weighted by Crippen LogP contribution is -2.30. The van der Waals surface area contributed by atoms with Crippen LogP contribution in [-0.2, 0) is 11.3 Å². The first kappa shape index (κ1) is 15.3. The number of aromatic nitrogens is 1. The Labute approximate surface area is 128 Å². The third-order valence-electron chi connectivity index (χ3n) is 2.85. The van der Waals surface area contributed by atoms with Gasteiger partial charge in [-0.05, 0) is 37.4 Å². The van der Waals surface area contributed by atoms with Crippen LogP contribution in [0.5, 0.6) is 0 Å². The average Bonchev–Trinajstić information content (AvgIpc) is 2.43. The van der Waals surface area contributed by atoms with Crippen molar-refractivity contribution in [1.82, 2.24) is 9.88 Å². The molecule has 0 fully saturated rings. The summed E-state index contributed by atoms with van der Waals surface area (Å²) in [5, 5.41) is 3.26. The summed E-state index contributed by atoms with van der Waals surface area (Å²) in [5.41, 5.74) is 7.69. The van der Waals surface area contributed by atoms with Gasteiger partial charge in [0.2, 0.25) is 5.91 Å². The van der Waals surface area contributed by atoms with Gasteiger partial charge in [-0.3, -0.25) is 14.7 Å². The van der Waals surface area contributed by atoms with Crippen LogP contribution in [-0.4, -0.2) is 29.4 Å². The van der Waals surface area contributed by atoms with Gasteiger partial charge >= 0.3 is 0 Å². The molecular formula is C15H17ClN4O. The zero-order valence-electron chi connectivity index (χ0n) is 11.7. The van der Waals surface area contributed by atoms with Gasteiger partial charge in [-0.25, -0.2) is 0 Å². The number of benzene rings is 1. The van der Waals surface area contributed by atoms with E-state index in [1.807, 2.05) is 30.1 Å². The van der Waals surface area contributed by atoms with Crippen molar-refractivity contribution >= 4 is 28.9 Å². The van der Waals surface area contributed by atoms with Crippen molar-refractivity contribution in [2.45, 2.75) is 6.54 Å². The lowest BCUT2D eigenvalue weighted by molar-refractivity contribution is -0.117. The molecule has 0 unspecified atom stereocenters. The summed E-state index contributed by atoms with van der Waals surface area (Å²) >= 11 is 5.84. The van der Waals surface area contributed by atoms with Crippen LogP contribution in [0.15, 0.2) is 42.6 Å². The molecular weight excluding hydrogens is 288 g/mol. The molecule has 1 aromatic heterocycles. The maximum Gasteiger partial charge on any atom is 0.238 e. The van der Waals surface area contributed by atoms with E-state index < -0.39 is 0 Å². The summed E-state index contributed by atoms with van der Waals surface area (Å²) < 4.78 is 0. The number of anilines is 2. The lowest BCUT2D eigenvalue weighted by Gasteiger charge is -2.16. The Balaban J connectivity index is 1.87. The molecule has 5 nitrogen and oxygen atoms in total. The quantitative estimate of drug-likeness (QED) is 0.832. The Morgan fingerprint density at radius 1 is 1.38 bits per heavy atom. The van der Waals surface area contributed by atoms with Crippen molar-refractivity contribution in [3.05, 3.63) is 53.3 Å². The van der Waals surface area contributed by atoms with E-state index in [2.05, 4.69) is 10.3 Å². The van der Waals surface area contributed by atoms with Crippen LogP contribution in [0.4, 0.5) is 11.4 Å². The SMILES string of the molecule is CN(CC(=O)Nc1ccc(Cl)c(N)c1)Cc1ccccn1. The van der Waals surface area contributed by atoms with E-state index in [-0.39, 0.29) is 12.5 Å². The van der Waals surface area contributed by atoms with Crippen LogP contribution in [0.1, 0.15) is 5.69 Å². The number of nitrogen functional groups attached to an aromatic ring is 1. The van der Waals surface area contributed by atoms with Crippen LogP contribution in [0, 0.1) is 0 Å². The molecule has 0 aliphatic heterocycles. The third kappa shape index (κ3) is 4.73. The van der Waals surface area contributed by atoms with Crippen molar-refractivity contribution < 1.29 is 4.79 Å². The number of nitrogens with one attached hydrogen (secondary N) is 1. The Bertz CT molecular complexity index is 618. The van der Waals surface area contributed by atoms with Gasteiger partial charge in [0, 0.05) is 18.4 Å². The molecule has 2 rings (SSSR count). The second kappa shape index (κ2) is 7.06. The molecule has 0 aliphatic rings. The fraction of sp³-hybridized carbons (Fsp3) is 0.200. The highest BCUT2D eigenvalue weighted by Gasteiger charge is 2.08. The van der Waals surface area contributed by atoms with Gasteiger partial charge in [0.1, 0.15) is 0 Å². The van der Waals surface area contributed by atoms with Gasteiger partial charge in [0.05, 0.1) is 22.9 Å². The minimum Gasteiger partial charge on any atom is -0.397 e. The summed E-state index contributed by atoms with van der Waals surface area (Å²) in [6, 6.07) is 10.7. The molecule has 0 saturated carbocycles. The highest BCUT2D eigenvalue weighted by atomic mass is 35.5. The van der Waals surface area contributed by atoms with E-state index in [0.717, 1.165) is 5.69 Å². The van der Waals surface area contributed by atoms with Gasteiger partial charge < -0.3 is 11.1 Å². The van der Waals surface area contributed by atoms with E-state index in [9.17, 15) is 4.79 Å². The number of hydrogen-bond donors (Lipinski definition) is 2. The van der Waals surface area contributed by atoms with Crippen LogP contribution in [0.2, 0.25) is 5.02 Å². The van der Waals surface area contributed by atoms with Gasteiger partial charge in [-0.2, -0.15) is 0 Å². The van der Waals surface area contributed by atoms with E-state index in [1.165, 1.54) is 0 Å². The molecule has 0 radical (unpaired) electrons. The second-order valence-electron chi connectivity index (χ2n) is 4.78. The third-order valence-corrected chi connectivity index (χ3v) is 3.20. The Morgan fingerprint density at radius 3 is 2.86 bits per heavy atom. The molecule has 1 aromatic carbocycles. The van der Waals surface area contributed by atoms with Crippen molar-refractivity contribution in [3.8, 4) is 0 Å². The van der Waals surface area contributed by atoms with Gasteiger partial charge in [-0.1, -0.05) is 17.7 Å². The molecule has 3 N–H and O–H groups in total. The highest BCUT2D eigenvalue weighted by molar-refractivity contribution is 6.33. The van der Waals surface area contributed by atoms with E-state index in [0.29, 0.717) is 22.9 Å². The normalized spacial score (nSPS) is 10.6. The summed E-state index contributed by atoms with van der Waals surface area (Å²) in [5.74, 6) is -0.116. The molecule has 0 atom stereocenters. The fourth-order valence-electron chi connectivity index (χ4n) is 1.89. The van der Waals surface area contributed by atoms with Crippen LogP contribution in [0.3, 0.4) is 0 Å². The van der Waals surface area contributed by atoms with Crippen molar-refractivity contribution in [1.29, 1.82) is 0 Å². The Hall–Kier alpha value is -2.11. The van der Waals surface area contributed by atoms with Gasteiger partial charge in [-0.15, -0.1) is 0 Å². The topological polar surface area (TPSA) is 71.2 Å². The number of likely N-dealkylation sites (N-methyl/N-ethyl adjacent to an activating group) is 1. The van der Waals surface area contributed by atoms with E-state index in [4.69, 9.17) is 17.3 Å². The Kier molecular flexibility index (Phi) is 5.14. The average molecular weight is 305 g/mol. The monoisotopic (exact) mass is 304 g/mol. The standard InChI is InChI=1S/C15H17ClN4O/c1-20(9-12-4-2-3-7-18-12)10-15(21)19-11-5-6-13(16)14(17)8-11/h2-8H,9-10,17H2,1H3,(H,19,21). The number of pyridine rings is 1. The summed E-state index contributed by atoms with van der Waals surface area (Å²) in [7, 11) is 1.87. The van der Waals surface area contributed by atoms with E-state index in [1.54, 1.807) is 24.4 Å². The lowest BCUT2D eigenvalue weighted by atomic mass is 10.2. The molecule has 110 valence electrons. The fourth-order valence-corrected chi connectivity index (χ4v) is 2.01. The predicted octanol–water partition coefficient (Wildman–Crippen LogP) is 2.39. The first-order chi connectivity index (χ1) is 10.0. The molecule has 1 amide bonds. The molecule has 2 aromatic rings. The van der Waals surface area contributed by atoms with Crippen molar-refractivity contribution in [2.75, 3.05) is 24.6 Å². The number of hydrogen-bond acceptors (Lipinski definition) is 4. The first-order valence-electron chi connectivity index (χ1n) is 6.48. The van der Waals surface area contributed by atoms with Gasteiger partial charge in [0.25, 0.3) is 0 Å². The molecule has 1 heterocycles. The molecule has 0 bridgehead atoms. The van der Waals surface area contributed by atoms with Crippen LogP contribution >= 0.6 is 11.6 Å². The predicted molar refractivity (Wildman–Crippen MR) is 85.1 cm³/mol. The summed E-state index contributed by atoms with van der Waals surface area (Å²) in [4.78, 5) is 18.1. The number of rotatable bonds is 5. The van der Waals surface area contributed by atoms with Gasteiger partial charge in [0.15, 0.2) is 0 Å². The largest absolute Gasteiger partial charge is 0.397 e. The molecule has 21 heavy (non-hydrogen) atoms. The maximum atomic E-state index is 12.0. The number of halogens is 1. The molecule has 0 aliphatic carbocycles. The minimum atomic E-state index is -0.116. The minimum absolute atomic E-state index is 0.116. The number of nitrogens with two attached hydrogens (primary N) is 1. The van der Waals surface area contributed by atoms with Crippen molar-refractivity contribution in [3.63, 3.8) is 0 Å². The smallest absolute Gasteiger partial charge is 0.238 e. The maximum absolute atomic E-state index is 12.0. The van der Waals surface area contributed by atoms with E-state index >= 15 is 0 Å². The Morgan fingerprint density at radius 2 is 2.19 bits per heavy atom. The zero-order valence-corrected chi connectivity index (χ0v) is 12.5. The number of carbonyl (C=O) groups is 1. The molecule has 0 spiro atoms. The number of amides is 1. The van der Waals surface area contributed by atoms with Crippen molar-refractivity contribution in [2.24, 2.45) is 0 Å². The summed E-state index contributed by atoms with van der Waals surface area (Å²) in [6.07, 6.45) is 1.74. The second-order valence-corrected chi connectivity index (χ2v) is 5.19. The summed E-state index contributed by atoms with van der Waals surface area (Å²) in [6.45, 7) is 0.871.